The number of fused-ring (bicyclic) bond motifs is 1. The molecule has 30 heavy (non-hydrogen) atoms. The summed E-state index contributed by atoms with van der Waals surface area (Å²) in [7, 11) is 0. The Morgan fingerprint density at radius 1 is 1.03 bits per heavy atom. The third kappa shape index (κ3) is 3.22. The molecule has 9 heteroatoms. The van der Waals surface area contributed by atoms with Crippen LogP contribution in [0.25, 0.3) is 16.8 Å². The molecule has 0 radical (unpaired) electrons. The number of nitrogens with one attached hydrogen (secondary N) is 1. The summed E-state index contributed by atoms with van der Waals surface area (Å²) in [5.41, 5.74) is -0.725. The fourth-order valence-electron chi connectivity index (χ4n) is 3.80. The van der Waals surface area contributed by atoms with Crippen LogP contribution in [-0.2, 0) is 4.79 Å². The molecular formula is C21H22N4O5. The predicted molar refractivity (Wildman–Crippen MR) is 110 cm³/mol. The molecule has 3 aromatic rings. The molecule has 1 saturated heterocycles. The Hall–Kier alpha value is -3.62. The molecule has 4 rings (SSSR count). The van der Waals surface area contributed by atoms with E-state index in [1.807, 2.05) is 0 Å². The number of rotatable bonds is 3. The SMILES string of the molecule is CCC(=O)N1CCN(C(=O)c2c(C)oc3[nH]c(=O)n(-c4ccccc4)c(=O)c23)CC1. The van der Waals surface area contributed by atoms with Gasteiger partial charge in [0.2, 0.25) is 11.6 Å². The van der Waals surface area contributed by atoms with Gasteiger partial charge in [0, 0.05) is 32.6 Å². The fourth-order valence-corrected chi connectivity index (χ4v) is 3.80. The number of para-hydroxylation sites is 1. The third-order valence-electron chi connectivity index (χ3n) is 5.38. The molecular weight excluding hydrogens is 388 g/mol. The molecule has 1 aromatic carbocycles. The minimum atomic E-state index is -0.641. The van der Waals surface area contributed by atoms with Crippen LogP contribution in [-0.4, -0.2) is 57.3 Å². The number of aryl methyl sites for hydroxylation is 1. The first-order valence-electron chi connectivity index (χ1n) is 9.83. The first-order valence-corrected chi connectivity index (χ1v) is 9.83. The van der Waals surface area contributed by atoms with E-state index in [4.69, 9.17) is 4.42 Å². The maximum atomic E-state index is 13.2. The molecule has 0 aliphatic carbocycles. The topological polar surface area (TPSA) is 109 Å². The molecule has 1 fully saturated rings. The molecule has 0 bridgehead atoms. The number of aromatic nitrogens is 2. The van der Waals surface area contributed by atoms with Gasteiger partial charge in [-0.2, -0.15) is 0 Å². The van der Waals surface area contributed by atoms with Crippen molar-refractivity contribution in [1.29, 1.82) is 0 Å². The van der Waals surface area contributed by atoms with Crippen LogP contribution in [0, 0.1) is 6.92 Å². The molecule has 1 N–H and O–H groups in total. The zero-order chi connectivity index (χ0) is 21.4. The Bertz CT molecular complexity index is 1230. The highest BCUT2D eigenvalue weighted by Gasteiger charge is 2.30. The van der Waals surface area contributed by atoms with Gasteiger partial charge in [0.1, 0.15) is 11.1 Å². The number of piperazine rings is 1. The number of aromatic amines is 1. The molecule has 2 aromatic heterocycles. The smallest absolute Gasteiger partial charge is 0.335 e. The third-order valence-corrected chi connectivity index (χ3v) is 5.38. The Kier molecular flexibility index (Phi) is 5.03. The molecule has 9 nitrogen and oxygen atoms in total. The van der Waals surface area contributed by atoms with Crippen LogP contribution in [0.1, 0.15) is 29.5 Å². The summed E-state index contributed by atoms with van der Waals surface area (Å²) in [4.78, 5) is 56.7. The van der Waals surface area contributed by atoms with Gasteiger partial charge in [-0.1, -0.05) is 25.1 Å². The lowest BCUT2D eigenvalue weighted by molar-refractivity contribution is -0.132. The molecule has 0 unspecified atom stereocenters. The van der Waals surface area contributed by atoms with Crippen LogP contribution >= 0.6 is 0 Å². The number of nitrogens with zero attached hydrogens (tertiary/aromatic N) is 3. The van der Waals surface area contributed by atoms with Gasteiger partial charge in [0.15, 0.2) is 0 Å². The Morgan fingerprint density at radius 3 is 2.30 bits per heavy atom. The lowest BCUT2D eigenvalue weighted by Crippen LogP contribution is -2.50. The van der Waals surface area contributed by atoms with Crippen molar-refractivity contribution in [2.24, 2.45) is 0 Å². The Balaban J connectivity index is 1.76. The van der Waals surface area contributed by atoms with Gasteiger partial charge >= 0.3 is 5.69 Å². The van der Waals surface area contributed by atoms with Crippen molar-refractivity contribution in [1.82, 2.24) is 19.4 Å². The fraction of sp³-hybridized carbons (Fsp3) is 0.333. The zero-order valence-corrected chi connectivity index (χ0v) is 16.8. The molecule has 0 atom stereocenters. The van der Waals surface area contributed by atoms with E-state index in [1.165, 1.54) is 0 Å². The van der Waals surface area contributed by atoms with Crippen LogP contribution < -0.4 is 11.2 Å². The summed E-state index contributed by atoms with van der Waals surface area (Å²) >= 11 is 0. The second-order valence-corrected chi connectivity index (χ2v) is 7.17. The van der Waals surface area contributed by atoms with Gasteiger partial charge in [0.05, 0.1) is 11.3 Å². The molecule has 3 heterocycles. The average Bonchev–Trinajstić information content (AvgIpc) is 3.09. The van der Waals surface area contributed by atoms with Crippen LogP contribution in [0.2, 0.25) is 0 Å². The zero-order valence-electron chi connectivity index (χ0n) is 16.8. The van der Waals surface area contributed by atoms with Gasteiger partial charge in [-0.25, -0.2) is 9.36 Å². The van der Waals surface area contributed by atoms with E-state index in [9.17, 15) is 19.2 Å². The normalized spacial score (nSPS) is 14.3. The number of carbonyl (C=O) groups is 2. The molecule has 2 amide bonds. The highest BCUT2D eigenvalue weighted by Crippen LogP contribution is 2.23. The van der Waals surface area contributed by atoms with Crippen LogP contribution in [0.15, 0.2) is 44.3 Å². The largest absolute Gasteiger partial charge is 0.444 e. The molecule has 0 spiro atoms. The average molecular weight is 410 g/mol. The maximum Gasteiger partial charge on any atom is 0.335 e. The van der Waals surface area contributed by atoms with Crippen molar-refractivity contribution in [3.05, 3.63) is 62.5 Å². The van der Waals surface area contributed by atoms with Gasteiger partial charge in [0.25, 0.3) is 11.5 Å². The number of carbonyl (C=O) groups excluding carboxylic acids is 2. The molecule has 156 valence electrons. The summed E-state index contributed by atoms with van der Waals surface area (Å²) < 4.78 is 6.55. The number of hydrogen-bond acceptors (Lipinski definition) is 5. The van der Waals surface area contributed by atoms with Gasteiger partial charge in [-0.3, -0.25) is 19.4 Å². The Morgan fingerprint density at radius 2 is 1.67 bits per heavy atom. The molecule has 0 saturated carbocycles. The second-order valence-electron chi connectivity index (χ2n) is 7.17. The molecule has 1 aliphatic heterocycles. The highest BCUT2D eigenvalue weighted by molar-refractivity contribution is 6.06. The first-order chi connectivity index (χ1) is 14.4. The molecule has 1 aliphatic rings. The lowest BCUT2D eigenvalue weighted by atomic mass is 10.1. The van der Waals surface area contributed by atoms with Gasteiger partial charge in [-0.15, -0.1) is 0 Å². The van der Waals surface area contributed by atoms with Crippen molar-refractivity contribution in [3.8, 4) is 5.69 Å². The van der Waals surface area contributed by atoms with E-state index in [2.05, 4.69) is 4.98 Å². The van der Waals surface area contributed by atoms with Crippen LogP contribution in [0.5, 0.6) is 0 Å². The second kappa shape index (κ2) is 7.66. The standard InChI is InChI=1S/C21H22N4O5/c1-3-15(26)23-9-11-24(12-10-23)19(27)16-13(2)30-18-17(16)20(28)25(21(29)22-18)14-7-5-4-6-8-14/h4-8H,3,9-12H2,1-2H3,(H,22,29). The summed E-state index contributed by atoms with van der Waals surface area (Å²) in [6.45, 7) is 5.02. The predicted octanol–water partition coefficient (Wildman–Crippen LogP) is 1.27. The highest BCUT2D eigenvalue weighted by atomic mass is 16.3. The first kappa shape index (κ1) is 19.7. The van der Waals surface area contributed by atoms with Gasteiger partial charge < -0.3 is 14.2 Å². The van der Waals surface area contributed by atoms with Crippen LogP contribution in [0.4, 0.5) is 0 Å². The number of amides is 2. The number of benzene rings is 1. The number of furan rings is 1. The van der Waals surface area contributed by atoms with E-state index in [0.29, 0.717) is 38.3 Å². The lowest BCUT2D eigenvalue weighted by Gasteiger charge is -2.34. The van der Waals surface area contributed by atoms with E-state index in [1.54, 1.807) is 54.0 Å². The number of H-pyrrole nitrogens is 1. The summed E-state index contributed by atoms with van der Waals surface area (Å²) in [5.74, 6) is -0.0328. The quantitative estimate of drug-likeness (QED) is 0.700. The van der Waals surface area contributed by atoms with Crippen molar-refractivity contribution in [2.75, 3.05) is 26.2 Å². The number of hydrogen-bond donors (Lipinski definition) is 1. The van der Waals surface area contributed by atoms with Crippen molar-refractivity contribution in [2.45, 2.75) is 20.3 Å². The summed E-state index contributed by atoms with van der Waals surface area (Å²) in [6.07, 6.45) is 0.422. The van der Waals surface area contributed by atoms with E-state index in [-0.39, 0.29) is 34.2 Å². The summed E-state index contributed by atoms with van der Waals surface area (Å²) in [6, 6.07) is 8.49. The van der Waals surface area contributed by atoms with Crippen LogP contribution in [0.3, 0.4) is 0 Å². The van der Waals surface area contributed by atoms with Crippen molar-refractivity contribution in [3.63, 3.8) is 0 Å². The van der Waals surface area contributed by atoms with Gasteiger partial charge in [-0.05, 0) is 19.1 Å². The van der Waals surface area contributed by atoms with E-state index < -0.39 is 11.2 Å². The Labute approximate surface area is 171 Å². The van der Waals surface area contributed by atoms with Crippen molar-refractivity contribution >= 4 is 22.9 Å². The van der Waals surface area contributed by atoms with E-state index in [0.717, 1.165) is 4.57 Å². The maximum absolute atomic E-state index is 13.2. The minimum Gasteiger partial charge on any atom is -0.444 e. The van der Waals surface area contributed by atoms with Crippen molar-refractivity contribution < 1.29 is 14.0 Å². The van der Waals surface area contributed by atoms with E-state index >= 15 is 0 Å². The summed E-state index contributed by atoms with van der Waals surface area (Å²) in [5, 5.41) is 0.0491. The minimum absolute atomic E-state index is 0.0159. The monoisotopic (exact) mass is 410 g/mol.